The van der Waals surface area contributed by atoms with E-state index >= 15 is 0 Å². The second kappa shape index (κ2) is 7.55. The molecule has 0 spiro atoms. The molecule has 29 heavy (non-hydrogen) atoms. The van der Waals surface area contributed by atoms with Gasteiger partial charge in [-0.3, -0.25) is 4.79 Å². The highest BCUT2D eigenvalue weighted by molar-refractivity contribution is 7.90. The number of sulfonamides is 1. The standard InChI is InChI=1S/C19H17N3O6S/c23-11-13(8-12-4-2-1-3-5-12)20-19(24)18-21-14-9-15-16(28-7-6-27-15)10-17(14)29(25,26)22-18/h1-5,9-11,13H,6-8H2,(H,20,24)(H,21,22)/t13-/m0/s1. The lowest BCUT2D eigenvalue weighted by molar-refractivity contribution is -0.118. The molecule has 10 heteroatoms. The Balaban J connectivity index is 1.56. The zero-order valence-electron chi connectivity index (χ0n) is 15.1. The third-order valence-electron chi connectivity index (χ3n) is 4.38. The van der Waals surface area contributed by atoms with Crippen LogP contribution in [0.15, 0.2) is 51.8 Å². The van der Waals surface area contributed by atoms with Gasteiger partial charge in [-0.25, -0.2) is 0 Å². The van der Waals surface area contributed by atoms with Crippen molar-refractivity contribution in [2.24, 2.45) is 4.40 Å². The van der Waals surface area contributed by atoms with Gasteiger partial charge >= 0.3 is 0 Å². The summed E-state index contributed by atoms with van der Waals surface area (Å²) in [5.74, 6) is -0.558. The summed E-state index contributed by atoms with van der Waals surface area (Å²) >= 11 is 0. The van der Waals surface area contributed by atoms with Gasteiger partial charge in [-0.05, 0) is 12.0 Å². The molecule has 0 saturated heterocycles. The zero-order valence-corrected chi connectivity index (χ0v) is 15.9. The molecule has 2 N–H and O–H groups in total. The van der Waals surface area contributed by atoms with Gasteiger partial charge in [-0.1, -0.05) is 30.3 Å². The third kappa shape index (κ3) is 3.92. The van der Waals surface area contributed by atoms with Crippen LogP contribution in [0.3, 0.4) is 0 Å². The first-order valence-electron chi connectivity index (χ1n) is 8.82. The number of aldehydes is 1. The van der Waals surface area contributed by atoms with Crippen molar-refractivity contribution >= 4 is 33.7 Å². The lowest BCUT2D eigenvalue weighted by atomic mass is 10.1. The summed E-state index contributed by atoms with van der Waals surface area (Å²) in [6.07, 6.45) is 0.865. The number of carbonyl (C=O) groups excluding carboxylic acids is 2. The van der Waals surface area contributed by atoms with Crippen LogP contribution in [0, 0.1) is 0 Å². The molecule has 2 aliphatic heterocycles. The van der Waals surface area contributed by atoms with E-state index < -0.39 is 27.8 Å². The molecule has 0 bridgehead atoms. The molecular weight excluding hydrogens is 398 g/mol. The van der Waals surface area contributed by atoms with E-state index in [0.717, 1.165) is 5.56 Å². The fourth-order valence-corrected chi connectivity index (χ4v) is 4.15. The van der Waals surface area contributed by atoms with Gasteiger partial charge in [0.15, 0.2) is 11.5 Å². The molecule has 0 fully saturated rings. The van der Waals surface area contributed by atoms with Gasteiger partial charge in [0.25, 0.3) is 15.9 Å². The first kappa shape index (κ1) is 18.9. The molecule has 2 heterocycles. The highest BCUT2D eigenvalue weighted by Crippen LogP contribution is 2.39. The second-order valence-electron chi connectivity index (χ2n) is 6.44. The van der Waals surface area contributed by atoms with E-state index in [2.05, 4.69) is 15.0 Å². The maximum absolute atomic E-state index is 12.6. The van der Waals surface area contributed by atoms with Crippen molar-refractivity contribution in [1.82, 2.24) is 5.32 Å². The third-order valence-corrected chi connectivity index (χ3v) is 5.70. The maximum Gasteiger partial charge on any atom is 0.288 e. The van der Waals surface area contributed by atoms with Gasteiger partial charge in [-0.2, -0.15) is 8.42 Å². The largest absolute Gasteiger partial charge is 0.486 e. The smallest absolute Gasteiger partial charge is 0.288 e. The molecule has 4 rings (SSSR count). The SMILES string of the molecule is O=C[C@H](Cc1ccccc1)NC(=O)C1=NS(=O)(=O)c2cc3c(cc2N1)OCCO3. The topological polar surface area (TPSA) is 123 Å². The van der Waals surface area contributed by atoms with Crippen molar-refractivity contribution in [3.8, 4) is 11.5 Å². The average molecular weight is 415 g/mol. The molecule has 2 aromatic carbocycles. The Labute approximate surface area is 166 Å². The summed E-state index contributed by atoms with van der Waals surface area (Å²) in [6, 6.07) is 11.1. The molecule has 150 valence electrons. The van der Waals surface area contributed by atoms with Crippen molar-refractivity contribution < 1.29 is 27.5 Å². The highest BCUT2D eigenvalue weighted by atomic mass is 32.2. The Morgan fingerprint density at radius 3 is 2.55 bits per heavy atom. The summed E-state index contributed by atoms with van der Waals surface area (Å²) in [5.41, 5.74) is 1.00. The summed E-state index contributed by atoms with van der Waals surface area (Å²) in [4.78, 5) is 23.8. The number of amides is 1. The molecule has 0 aromatic heterocycles. The Hall–Kier alpha value is -3.40. The number of nitrogens with one attached hydrogen (secondary N) is 2. The van der Waals surface area contributed by atoms with Crippen molar-refractivity contribution in [2.75, 3.05) is 18.5 Å². The molecule has 0 radical (unpaired) electrons. The average Bonchev–Trinajstić information content (AvgIpc) is 2.72. The van der Waals surface area contributed by atoms with Crippen LogP contribution < -0.4 is 20.1 Å². The summed E-state index contributed by atoms with van der Waals surface area (Å²) < 4.78 is 39.5. The minimum Gasteiger partial charge on any atom is -0.486 e. The Bertz CT molecular complexity index is 1100. The normalized spacial score (nSPS) is 17.2. The van der Waals surface area contributed by atoms with Crippen LogP contribution in [-0.4, -0.2) is 45.7 Å². The summed E-state index contributed by atoms with van der Waals surface area (Å²) in [5, 5.41) is 5.20. The number of amidine groups is 1. The molecule has 9 nitrogen and oxygen atoms in total. The number of ether oxygens (including phenoxy) is 2. The quantitative estimate of drug-likeness (QED) is 0.696. The van der Waals surface area contributed by atoms with E-state index in [0.29, 0.717) is 31.0 Å². The van der Waals surface area contributed by atoms with E-state index in [9.17, 15) is 18.0 Å². The van der Waals surface area contributed by atoms with Gasteiger partial charge in [0.2, 0.25) is 5.84 Å². The predicted octanol–water partition coefficient (Wildman–Crippen LogP) is 0.897. The lowest BCUT2D eigenvalue weighted by Crippen LogP contribution is -2.45. The van der Waals surface area contributed by atoms with Crippen molar-refractivity contribution in [3.05, 3.63) is 48.0 Å². The molecule has 2 aromatic rings. The number of rotatable bonds is 5. The fraction of sp³-hybridized carbons (Fsp3) is 0.211. The maximum atomic E-state index is 12.6. The number of benzene rings is 2. The minimum atomic E-state index is -4.13. The van der Waals surface area contributed by atoms with Crippen molar-refractivity contribution in [2.45, 2.75) is 17.4 Å². The summed E-state index contributed by atoms with van der Waals surface area (Å²) in [6.45, 7) is 0.644. The van der Waals surface area contributed by atoms with Gasteiger partial charge < -0.3 is 24.9 Å². The van der Waals surface area contributed by atoms with E-state index in [1.807, 2.05) is 30.3 Å². The number of carbonyl (C=O) groups is 2. The molecule has 1 atom stereocenters. The van der Waals surface area contributed by atoms with E-state index in [4.69, 9.17) is 9.47 Å². The number of hydrogen-bond acceptors (Lipinski definition) is 7. The minimum absolute atomic E-state index is 0.116. The monoisotopic (exact) mass is 415 g/mol. The van der Waals surface area contributed by atoms with Crippen LogP contribution in [0.1, 0.15) is 5.56 Å². The molecule has 1 amide bonds. The second-order valence-corrected chi connectivity index (χ2v) is 8.01. The molecular formula is C19H17N3O6S. The van der Waals surface area contributed by atoms with Crippen LogP contribution in [0.4, 0.5) is 5.69 Å². The Morgan fingerprint density at radius 2 is 1.86 bits per heavy atom. The van der Waals surface area contributed by atoms with E-state index in [-0.39, 0.29) is 17.0 Å². The van der Waals surface area contributed by atoms with Gasteiger partial charge in [-0.15, -0.1) is 4.40 Å². The van der Waals surface area contributed by atoms with Crippen LogP contribution in [0.2, 0.25) is 0 Å². The van der Waals surface area contributed by atoms with Crippen molar-refractivity contribution in [3.63, 3.8) is 0 Å². The fourth-order valence-electron chi connectivity index (χ4n) is 3.04. The molecule has 0 unspecified atom stereocenters. The number of fused-ring (bicyclic) bond motifs is 2. The van der Waals surface area contributed by atoms with Gasteiger partial charge in [0.1, 0.15) is 24.4 Å². The first-order chi connectivity index (χ1) is 14.0. The van der Waals surface area contributed by atoms with Gasteiger partial charge in [0.05, 0.1) is 11.7 Å². The lowest BCUT2D eigenvalue weighted by Gasteiger charge is -2.23. The molecule has 0 aliphatic carbocycles. The predicted molar refractivity (Wildman–Crippen MR) is 104 cm³/mol. The summed E-state index contributed by atoms with van der Waals surface area (Å²) in [7, 11) is -4.13. The van der Waals surface area contributed by atoms with Crippen LogP contribution >= 0.6 is 0 Å². The molecule has 2 aliphatic rings. The highest BCUT2D eigenvalue weighted by Gasteiger charge is 2.31. The molecule has 0 saturated carbocycles. The number of nitrogens with zero attached hydrogens (tertiary/aromatic N) is 1. The van der Waals surface area contributed by atoms with Crippen LogP contribution in [0.5, 0.6) is 11.5 Å². The van der Waals surface area contributed by atoms with Crippen LogP contribution in [0.25, 0.3) is 0 Å². The number of hydrogen-bond donors (Lipinski definition) is 2. The Morgan fingerprint density at radius 1 is 1.17 bits per heavy atom. The first-order valence-corrected chi connectivity index (χ1v) is 10.3. The zero-order chi connectivity index (χ0) is 20.4. The van der Waals surface area contributed by atoms with E-state index in [1.54, 1.807) is 0 Å². The Kier molecular flexibility index (Phi) is 4.93. The van der Waals surface area contributed by atoms with Crippen LogP contribution in [-0.2, 0) is 26.0 Å². The van der Waals surface area contributed by atoms with Gasteiger partial charge in [0, 0.05) is 12.1 Å². The van der Waals surface area contributed by atoms with E-state index in [1.165, 1.54) is 12.1 Å². The van der Waals surface area contributed by atoms with Crippen molar-refractivity contribution in [1.29, 1.82) is 0 Å². The number of anilines is 1.